The predicted octanol–water partition coefficient (Wildman–Crippen LogP) is 4.77. The maximum absolute atomic E-state index is 13.6. The minimum absolute atomic E-state index is 0.259. The van der Waals surface area contributed by atoms with E-state index in [1.165, 1.54) is 4.57 Å². The molecule has 0 saturated heterocycles. The smallest absolute Gasteiger partial charge is 0.343 e. The number of aromatic nitrogens is 5. The van der Waals surface area contributed by atoms with Gasteiger partial charge in [0.2, 0.25) is 5.91 Å². The van der Waals surface area contributed by atoms with E-state index >= 15 is 0 Å². The van der Waals surface area contributed by atoms with Crippen molar-refractivity contribution in [1.82, 2.24) is 29.2 Å². The summed E-state index contributed by atoms with van der Waals surface area (Å²) in [4.78, 5) is 30.4. The van der Waals surface area contributed by atoms with Crippen molar-refractivity contribution in [3.05, 3.63) is 76.1 Å². The van der Waals surface area contributed by atoms with Crippen LogP contribution in [0.3, 0.4) is 0 Å². The van der Waals surface area contributed by atoms with E-state index in [1.54, 1.807) is 47.5 Å². The predicted molar refractivity (Wildman–Crippen MR) is 138 cm³/mol. The van der Waals surface area contributed by atoms with Gasteiger partial charge in [0.25, 0.3) is 0 Å². The quantitative estimate of drug-likeness (QED) is 0.347. The summed E-state index contributed by atoms with van der Waals surface area (Å²) in [6.45, 7) is 2.07. The third kappa shape index (κ3) is 4.32. The first-order valence-electron chi connectivity index (χ1n) is 11.6. The molecule has 8 nitrogen and oxygen atoms in total. The van der Waals surface area contributed by atoms with Crippen LogP contribution >= 0.6 is 11.6 Å². The molecule has 0 aliphatic rings. The number of carbonyl (C=O) groups is 1. The normalized spacial score (nSPS) is 12.8. The van der Waals surface area contributed by atoms with Crippen LogP contribution in [-0.2, 0) is 18.4 Å². The van der Waals surface area contributed by atoms with Crippen molar-refractivity contribution in [2.24, 2.45) is 7.05 Å². The topological polar surface area (TPSA) is 86.7 Å². The summed E-state index contributed by atoms with van der Waals surface area (Å²) in [6, 6.07) is 8.26. The molecule has 1 amide bonds. The van der Waals surface area contributed by atoms with E-state index in [0.717, 1.165) is 39.1 Å². The fraction of sp³-hybridized carbons (Fsp3) is 0.231. The molecule has 0 spiro atoms. The summed E-state index contributed by atoms with van der Waals surface area (Å²) in [5.74, 6) is -0.944. The van der Waals surface area contributed by atoms with Gasteiger partial charge < -0.3 is 5.32 Å². The lowest BCUT2D eigenvalue weighted by molar-refractivity contribution is -0.158. The molecule has 38 heavy (non-hydrogen) atoms. The van der Waals surface area contributed by atoms with Gasteiger partial charge in [0.1, 0.15) is 12.6 Å². The number of rotatable bonds is 5. The van der Waals surface area contributed by atoms with Gasteiger partial charge in [0, 0.05) is 24.2 Å². The van der Waals surface area contributed by atoms with Gasteiger partial charge in [0.15, 0.2) is 0 Å². The first kappa shape index (κ1) is 25.5. The highest BCUT2D eigenvalue weighted by Gasteiger charge is 2.37. The number of amides is 1. The van der Waals surface area contributed by atoms with Gasteiger partial charge >= 0.3 is 11.9 Å². The Hall–Kier alpha value is -4.12. The average molecular weight is 543 g/mol. The molecular formula is C26H22ClF3N6O2. The SMILES string of the molecule is Cc1cc(-c2cncc3c2cnn3C)ccc1-n1c(=O)n(CC(=O)N[C@@H](C)C(F)(F)F)c2cccc(Cl)c21. The largest absolute Gasteiger partial charge is 0.408 e. The van der Waals surface area contributed by atoms with Gasteiger partial charge in [-0.3, -0.25) is 23.6 Å². The molecule has 3 aromatic heterocycles. The standard InChI is InChI=1S/C26H22ClF3N6O2/c1-14-9-16(17-10-31-12-22-18(17)11-32-34(22)3)7-8-20(14)36-24-19(27)5-4-6-21(24)35(25(36)38)13-23(37)33-15(2)26(28,29)30/h4-12,15H,13H2,1-3H3,(H,33,37)/t15-/m0/s1. The van der Waals surface area contributed by atoms with Crippen molar-refractivity contribution in [3.63, 3.8) is 0 Å². The van der Waals surface area contributed by atoms with Crippen molar-refractivity contribution < 1.29 is 18.0 Å². The fourth-order valence-electron chi connectivity index (χ4n) is 4.51. The summed E-state index contributed by atoms with van der Waals surface area (Å²) in [7, 11) is 1.83. The maximum atomic E-state index is 13.6. The number of benzene rings is 2. The van der Waals surface area contributed by atoms with E-state index < -0.39 is 30.4 Å². The molecule has 1 atom stereocenters. The van der Waals surface area contributed by atoms with Gasteiger partial charge in [-0.1, -0.05) is 23.7 Å². The molecule has 5 rings (SSSR count). The summed E-state index contributed by atoms with van der Waals surface area (Å²) in [5.41, 5.74) is 3.93. The zero-order chi connectivity index (χ0) is 27.4. The Balaban J connectivity index is 1.60. The summed E-state index contributed by atoms with van der Waals surface area (Å²) >= 11 is 6.49. The van der Waals surface area contributed by atoms with Crippen molar-refractivity contribution in [3.8, 4) is 16.8 Å². The van der Waals surface area contributed by atoms with Gasteiger partial charge in [-0.2, -0.15) is 18.3 Å². The van der Waals surface area contributed by atoms with Crippen LogP contribution < -0.4 is 11.0 Å². The van der Waals surface area contributed by atoms with E-state index in [1.807, 2.05) is 31.4 Å². The highest BCUT2D eigenvalue weighted by atomic mass is 35.5. The monoisotopic (exact) mass is 542 g/mol. The fourth-order valence-corrected chi connectivity index (χ4v) is 4.77. The van der Waals surface area contributed by atoms with Gasteiger partial charge in [-0.25, -0.2) is 4.79 Å². The number of halogens is 4. The zero-order valence-corrected chi connectivity index (χ0v) is 21.3. The Labute approximate surface area is 219 Å². The zero-order valence-electron chi connectivity index (χ0n) is 20.5. The van der Waals surface area contributed by atoms with E-state index in [-0.39, 0.29) is 5.02 Å². The van der Waals surface area contributed by atoms with Crippen molar-refractivity contribution in [1.29, 1.82) is 0 Å². The molecule has 0 fully saturated rings. The second kappa shape index (κ2) is 9.32. The third-order valence-corrected chi connectivity index (χ3v) is 6.80. The number of nitrogens with one attached hydrogen (secondary N) is 1. The molecule has 1 N–H and O–H groups in total. The van der Waals surface area contributed by atoms with E-state index in [0.29, 0.717) is 16.7 Å². The molecule has 2 aromatic carbocycles. The summed E-state index contributed by atoms with van der Waals surface area (Å²) < 4.78 is 43.0. The molecule has 0 aliphatic carbocycles. The van der Waals surface area contributed by atoms with Crippen LogP contribution in [0.5, 0.6) is 0 Å². The van der Waals surface area contributed by atoms with Crippen molar-refractivity contribution in [2.75, 3.05) is 0 Å². The first-order chi connectivity index (χ1) is 18.0. The molecule has 5 aromatic rings. The number of para-hydroxylation sites is 1. The second-order valence-electron chi connectivity index (χ2n) is 9.03. The van der Waals surface area contributed by atoms with Gasteiger partial charge in [0.05, 0.1) is 39.7 Å². The highest BCUT2D eigenvalue weighted by molar-refractivity contribution is 6.35. The second-order valence-corrected chi connectivity index (χ2v) is 9.44. The van der Waals surface area contributed by atoms with Crippen LogP contribution in [0.15, 0.2) is 59.8 Å². The number of hydrogen-bond acceptors (Lipinski definition) is 4. The van der Waals surface area contributed by atoms with Crippen LogP contribution in [0.2, 0.25) is 5.02 Å². The van der Waals surface area contributed by atoms with E-state index in [2.05, 4.69) is 10.1 Å². The Kier molecular flexibility index (Phi) is 6.26. The van der Waals surface area contributed by atoms with Gasteiger partial charge in [-0.05, 0) is 49.2 Å². The molecule has 0 bridgehead atoms. The van der Waals surface area contributed by atoms with Gasteiger partial charge in [-0.15, -0.1) is 0 Å². The van der Waals surface area contributed by atoms with Crippen LogP contribution in [0.25, 0.3) is 38.8 Å². The molecule has 12 heteroatoms. The van der Waals surface area contributed by atoms with Crippen molar-refractivity contribution in [2.45, 2.75) is 32.6 Å². The minimum Gasteiger partial charge on any atom is -0.343 e. The number of alkyl halides is 3. The summed E-state index contributed by atoms with van der Waals surface area (Å²) in [6.07, 6.45) is 0.633. The molecule has 0 radical (unpaired) electrons. The number of hydrogen-bond donors (Lipinski definition) is 1. The van der Waals surface area contributed by atoms with E-state index in [9.17, 15) is 22.8 Å². The molecular weight excluding hydrogens is 521 g/mol. The lowest BCUT2D eigenvalue weighted by Crippen LogP contribution is -2.45. The number of carbonyl (C=O) groups excluding carboxylic acids is 1. The maximum Gasteiger partial charge on any atom is 0.408 e. The number of fused-ring (bicyclic) bond motifs is 2. The van der Waals surface area contributed by atoms with Crippen molar-refractivity contribution >= 4 is 39.4 Å². The van der Waals surface area contributed by atoms with Crippen LogP contribution in [0.4, 0.5) is 13.2 Å². The molecule has 196 valence electrons. The number of aryl methyl sites for hydroxylation is 2. The lowest BCUT2D eigenvalue weighted by Gasteiger charge is -2.17. The Morgan fingerprint density at radius 1 is 1.13 bits per heavy atom. The van der Waals surface area contributed by atoms with Crippen LogP contribution in [0, 0.1) is 6.92 Å². The highest BCUT2D eigenvalue weighted by Crippen LogP contribution is 2.32. The molecule has 0 saturated carbocycles. The van der Waals surface area contributed by atoms with Crippen LogP contribution in [0.1, 0.15) is 12.5 Å². The molecule has 0 unspecified atom stereocenters. The third-order valence-electron chi connectivity index (χ3n) is 6.50. The Bertz CT molecular complexity index is 1770. The molecule has 3 heterocycles. The Morgan fingerprint density at radius 2 is 1.89 bits per heavy atom. The number of nitrogens with zero attached hydrogens (tertiary/aromatic N) is 5. The average Bonchev–Trinajstić information content (AvgIpc) is 3.37. The number of imidazole rings is 1. The first-order valence-corrected chi connectivity index (χ1v) is 12.0. The Morgan fingerprint density at radius 3 is 2.61 bits per heavy atom. The minimum atomic E-state index is -4.60. The molecule has 0 aliphatic heterocycles. The summed E-state index contributed by atoms with van der Waals surface area (Å²) in [5, 5.41) is 7.38. The van der Waals surface area contributed by atoms with Crippen LogP contribution in [-0.4, -0.2) is 42.0 Å². The lowest BCUT2D eigenvalue weighted by atomic mass is 10.0. The number of pyridine rings is 1. The van der Waals surface area contributed by atoms with E-state index in [4.69, 9.17) is 11.6 Å².